The topological polar surface area (TPSA) is 54.7 Å². The molecule has 6 heteroatoms. The third-order valence-electron chi connectivity index (χ3n) is 4.54. The van der Waals surface area contributed by atoms with Crippen molar-refractivity contribution in [3.63, 3.8) is 0 Å². The lowest BCUT2D eigenvalue weighted by Gasteiger charge is -2.26. The molecule has 1 unspecified atom stereocenters. The number of furan rings is 1. The monoisotopic (exact) mass is 362 g/mol. The van der Waals surface area contributed by atoms with Crippen LogP contribution in [0.4, 0.5) is 0 Å². The predicted octanol–water partition coefficient (Wildman–Crippen LogP) is 3.82. The van der Waals surface area contributed by atoms with Gasteiger partial charge in [0.1, 0.15) is 17.3 Å². The smallest absolute Gasteiger partial charge is 0.251 e. The number of methoxy groups -OCH3 is 1. The highest BCUT2D eigenvalue weighted by Crippen LogP contribution is 2.27. The summed E-state index contributed by atoms with van der Waals surface area (Å²) in [6.45, 7) is 4.47. The number of benzene rings is 1. The number of carbonyl (C=O) groups excluding carboxylic acids is 1. The maximum atomic E-state index is 12.5. The van der Waals surface area contributed by atoms with Crippen molar-refractivity contribution in [1.82, 2.24) is 10.2 Å². The third kappa shape index (κ3) is 4.17. The molecule has 3 rings (SSSR count). The molecule has 2 heterocycles. The van der Waals surface area contributed by atoms with E-state index in [1.165, 1.54) is 12.8 Å². The number of aryl methyl sites for hydroxylation is 1. The normalized spacial score (nSPS) is 16.0. The van der Waals surface area contributed by atoms with E-state index in [0.717, 1.165) is 24.6 Å². The summed E-state index contributed by atoms with van der Waals surface area (Å²) >= 11 is 6.11. The fourth-order valence-electron chi connectivity index (χ4n) is 3.19. The van der Waals surface area contributed by atoms with Gasteiger partial charge in [-0.3, -0.25) is 9.69 Å². The average molecular weight is 363 g/mol. The molecule has 25 heavy (non-hydrogen) atoms. The Hall–Kier alpha value is -1.98. The number of rotatable bonds is 6. The predicted molar refractivity (Wildman–Crippen MR) is 97.3 cm³/mol. The Labute approximate surface area is 152 Å². The molecule has 0 aliphatic carbocycles. The van der Waals surface area contributed by atoms with Gasteiger partial charge in [-0.25, -0.2) is 0 Å². The van der Waals surface area contributed by atoms with E-state index in [-0.39, 0.29) is 11.9 Å². The number of halogens is 1. The zero-order chi connectivity index (χ0) is 17.8. The number of carbonyl (C=O) groups is 1. The van der Waals surface area contributed by atoms with E-state index in [0.29, 0.717) is 22.9 Å². The zero-order valence-electron chi connectivity index (χ0n) is 14.5. The summed E-state index contributed by atoms with van der Waals surface area (Å²) < 4.78 is 10.9. The van der Waals surface area contributed by atoms with Gasteiger partial charge in [0.25, 0.3) is 5.91 Å². The second kappa shape index (κ2) is 7.93. The molecule has 0 radical (unpaired) electrons. The molecule has 0 spiro atoms. The van der Waals surface area contributed by atoms with Crippen LogP contribution in [0.5, 0.6) is 5.75 Å². The fraction of sp³-hybridized carbons (Fsp3) is 0.421. The van der Waals surface area contributed by atoms with Gasteiger partial charge in [-0.1, -0.05) is 11.6 Å². The molecule has 0 bridgehead atoms. The quantitative estimate of drug-likeness (QED) is 0.848. The highest BCUT2D eigenvalue weighted by Gasteiger charge is 2.26. The first-order valence-corrected chi connectivity index (χ1v) is 8.88. The maximum absolute atomic E-state index is 12.5. The molecule has 1 aliphatic rings. The SMILES string of the molecule is COc1ccc(C(=O)NCC(c2ccc(C)o2)N2CCCC2)cc1Cl. The number of nitrogens with zero attached hydrogens (tertiary/aromatic N) is 1. The zero-order valence-corrected chi connectivity index (χ0v) is 15.3. The average Bonchev–Trinajstić information content (AvgIpc) is 3.27. The molecule has 1 amide bonds. The Morgan fingerprint density at radius 3 is 2.68 bits per heavy atom. The lowest BCUT2D eigenvalue weighted by atomic mass is 10.1. The first-order valence-electron chi connectivity index (χ1n) is 8.50. The summed E-state index contributed by atoms with van der Waals surface area (Å²) in [6.07, 6.45) is 2.36. The Bertz CT molecular complexity index is 738. The molecule has 1 aromatic heterocycles. The summed E-state index contributed by atoms with van der Waals surface area (Å²) in [5.74, 6) is 2.18. The highest BCUT2D eigenvalue weighted by atomic mass is 35.5. The van der Waals surface area contributed by atoms with Gasteiger partial charge >= 0.3 is 0 Å². The van der Waals surface area contributed by atoms with E-state index in [1.807, 2.05) is 19.1 Å². The van der Waals surface area contributed by atoms with Crippen LogP contribution in [0.1, 0.15) is 40.8 Å². The minimum Gasteiger partial charge on any atom is -0.495 e. The first-order chi connectivity index (χ1) is 12.1. The van der Waals surface area contributed by atoms with Gasteiger partial charge in [0.15, 0.2) is 0 Å². The van der Waals surface area contributed by atoms with Gasteiger partial charge in [-0.15, -0.1) is 0 Å². The molecule has 1 aliphatic heterocycles. The summed E-state index contributed by atoms with van der Waals surface area (Å²) in [6, 6.07) is 9.04. The van der Waals surface area contributed by atoms with Crippen LogP contribution in [0.2, 0.25) is 5.02 Å². The highest BCUT2D eigenvalue weighted by molar-refractivity contribution is 6.32. The second-order valence-electron chi connectivity index (χ2n) is 6.27. The summed E-state index contributed by atoms with van der Waals surface area (Å²) in [5.41, 5.74) is 0.515. The van der Waals surface area contributed by atoms with Crippen LogP contribution in [0, 0.1) is 6.92 Å². The molecule has 0 saturated carbocycles. The van der Waals surface area contributed by atoms with Crippen molar-refractivity contribution in [3.8, 4) is 5.75 Å². The minimum absolute atomic E-state index is 0.0499. The van der Waals surface area contributed by atoms with Crippen molar-refractivity contribution in [2.75, 3.05) is 26.7 Å². The number of hydrogen-bond acceptors (Lipinski definition) is 4. The van der Waals surface area contributed by atoms with Crippen LogP contribution < -0.4 is 10.1 Å². The molecule has 1 N–H and O–H groups in total. The van der Waals surface area contributed by atoms with E-state index >= 15 is 0 Å². The van der Waals surface area contributed by atoms with Crippen LogP contribution in [0.3, 0.4) is 0 Å². The van der Waals surface area contributed by atoms with E-state index in [4.69, 9.17) is 20.8 Å². The van der Waals surface area contributed by atoms with Gasteiger partial charge in [-0.05, 0) is 63.2 Å². The summed E-state index contributed by atoms with van der Waals surface area (Å²) in [5, 5.41) is 3.43. The molecular formula is C19H23ClN2O3. The van der Waals surface area contributed by atoms with Crippen molar-refractivity contribution in [3.05, 3.63) is 52.4 Å². The molecular weight excluding hydrogens is 340 g/mol. The fourth-order valence-corrected chi connectivity index (χ4v) is 3.45. The van der Waals surface area contributed by atoms with Crippen molar-refractivity contribution in [2.45, 2.75) is 25.8 Å². The molecule has 2 aromatic rings. The van der Waals surface area contributed by atoms with Gasteiger partial charge in [-0.2, -0.15) is 0 Å². The van der Waals surface area contributed by atoms with Crippen LogP contribution in [-0.2, 0) is 0 Å². The Morgan fingerprint density at radius 1 is 1.32 bits per heavy atom. The van der Waals surface area contributed by atoms with E-state index in [1.54, 1.807) is 25.3 Å². The lowest BCUT2D eigenvalue weighted by molar-refractivity contribution is 0.0933. The first kappa shape index (κ1) is 17.8. The third-order valence-corrected chi connectivity index (χ3v) is 4.84. The number of nitrogens with one attached hydrogen (secondary N) is 1. The summed E-state index contributed by atoms with van der Waals surface area (Å²) in [7, 11) is 1.55. The Morgan fingerprint density at radius 2 is 2.08 bits per heavy atom. The molecule has 1 saturated heterocycles. The van der Waals surface area contributed by atoms with Crippen LogP contribution in [-0.4, -0.2) is 37.6 Å². The minimum atomic E-state index is -0.156. The van der Waals surface area contributed by atoms with E-state index in [9.17, 15) is 4.79 Å². The largest absolute Gasteiger partial charge is 0.495 e. The number of amides is 1. The van der Waals surface area contributed by atoms with Crippen LogP contribution >= 0.6 is 11.6 Å². The Kier molecular flexibility index (Phi) is 5.66. The Balaban J connectivity index is 1.70. The standard InChI is InChI=1S/C19H23ClN2O3/c1-13-5-7-18(25-13)16(22-9-3-4-10-22)12-21-19(23)14-6-8-17(24-2)15(20)11-14/h5-8,11,16H,3-4,9-10,12H2,1-2H3,(H,21,23). The van der Waals surface area contributed by atoms with Gasteiger partial charge in [0.05, 0.1) is 18.2 Å². The summed E-state index contributed by atoms with van der Waals surface area (Å²) in [4.78, 5) is 14.9. The van der Waals surface area contributed by atoms with E-state index in [2.05, 4.69) is 10.2 Å². The van der Waals surface area contributed by atoms with Crippen molar-refractivity contribution >= 4 is 17.5 Å². The number of hydrogen-bond donors (Lipinski definition) is 1. The lowest BCUT2D eigenvalue weighted by Crippen LogP contribution is -2.36. The van der Waals surface area contributed by atoms with E-state index < -0.39 is 0 Å². The molecule has 1 aromatic carbocycles. The molecule has 5 nitrogen and oxygen atoms in total. The van der Waals surface area contributed by atoms with Crippen molar-refractivity contribution in [1.29, 1.82) is 0 Å². The van der Waals surface area contributed by atoms with Gasteiger partial charge in [0.2, 0.25) is 0 Å². The second-order valence-corrected chi connectivity index (χ2v) is 6.67. The molecule has 1 fully saturated rings. The van der Waals surface area contributed by atoms with Crippen molar-refractivity contribution < 1.29 is 13.9 Å². The molecule has 1 atom stereocenters. The van der Waals surface area contributed by atoms with Gasteiger partial charge < -0.3 is 14.5 Å². The van der Waals surface area contributed by atoms with Crippen LogP contribution in [0.25, 0.3) is 0 Å². The van der Waals surface area contributed by atoms with Crippen molar-refractivity contribution in [2.24, 2.45) is 0 Å². The number of likely N-dealkylation sites (tertiary alicyclic amines) is 1. The molecule has 134 valence electrons. The van der Waals surface area contributed by atoms with Crippen LogP contribution in [0.15, 0.2) is 34.7 Å². The van der Waals surface area contributed by atoms with Gasteiger partial charge in [0, 0.05) is 12.1 Å². The number of ether oxygens (including phenoxy) is 1. The maximum Gasteiger partial charge on any atom is 0.251 e.